The summed E-state index contributed by atoms with van der Waals surface area (Å²) in [6.07, 6.45) is 3.63. The zero-order chi connectivity index (χ0) is 22.6. The molecule has 2 N–H and O–H groups in total. The van der Waals surface area contributed by atoms with Crippen LogP contribution in [-0.2, 0) is 24.3 Å². The van der Waals surface area contributed by atoms with Crippen molar-refractivity contribution >= 4 is 44.9 Å². The first kappa shape index (κ1) is 25.5. The van der Waals surface area contributed by atoms with Gasteiger partial charge in [-0.05, 0) is 42.9 Å². The molecule has 0 radical (unpaired) electrons. The lowest BCUT2D eigenvalue weighted by Crippen LogP contribution is -2.34. The minimum atomic E-state index is -3.70. The molecular weight excluding hydrogens is 426 g/mol. The van der Waals surface area contributed by atoms with Crippen LogP contribution in [0.1, 0.15) is 26.2 Å². The molecule has 1 amide bonds. The third-order valence-electron chi connectivity index (χ3n) is 3.69. The highest BCUT2D eigenvalue weighted by Gasteiger charge is 2.22. The molecule has 0 saturated carbocycles. The quantitative estimate of drug-likeness (QED) is 0.285. The fourth-order valence-corrected chi connectivity index (χ4v) is 3.89. The molecule has 0 atom stereocenters. The number of esters is 1. The number of hydrogen-bond donors (Lipinski definition) is 2. The molecule has 0 heterocycles. The van der Waals surface area contributed by atoms with Gasteiger partial charge in [-0.1, -0.05) is 19.1 Å². The van der Waals surface area contributed by atoms with Crippen LogP contribution in [0, 0.1) is 0 Å². The normalized spacial score (nSPS) is 10.9. The molecule has 0 spiro atoms. The number of rotatable bonds is 12. The molecule has 1 aromatic carbocycles. The number of hydrogen-bond acceptors (Lipinski definition) is 6. The Hall–Kier alpha value is -2.56. The van der Waals surface area contributed by atoms with Gasteiger partial charge in [0, 0.05) is 25.2 Å². The highest BCUT2D eigenvalue weighted by molar-refractivity contribution is 7.89. The van der Waals surface area contributed by atoms with Gasteiger partial charge in [0.25, 0.3) is 0 Å². The summed E-state index contributed by atoms with van der Waals surface area (Å²) in [4.78, 5) is 23.4. The third-order valence-corrected chi connectivity index (χ3v) is 5.74. The number of carbonyl (C=O) groups is 2. The maximum absolute atomic E-state index is 12.7. The van der Waals surface area contributed by atoms with Crippen LogP contribution in [0.4, 0.5) is 5.69 Å². The van der Waals surface area contributed by atoms with Crippen molar-refractivity contribution in [1.82, 2.24) is 9.62 Å². The molecule has 1 rings (SSSR count). The molecule has 1 aromatic rings. The van der Waals surface area contributed by atoms with Gasteiger partial charge < -0.3 is 15.4 Å². The Bertz CT molecular complexity index is 857. The van der Waals surface area contributed by atoms with Crippen LogP contribution in [0.25, 0.3) is 0 Å². The lowest BCUT2D eigenvalue weighted by molar-refractivity contribution is -0.144. The van der Waals surface area contributed by atoms with E-state index < -0.39 is 21.9 Å². The molecule has 10 heteroatoms. The van der Waals surface area contributed by atoms with Gasteiger partial charge in [0.2, 0.25) is 15.9 Å². The highest BCUT2D eigenvalue weighted by atomic mass is 32.2. The van der Waals surface area contributed by atoms with Crippen LogP contribution in [0.2, 0.25) is 0 Å². The molecule has 0 aliphatic heterocycles. The second kappa shape index (κ2) is 12.9. The molecule has 0 unspecified atom stereocenters. The van der Waals surface area contributed by atoms with Crippen LogP contribution in [0.15, 0.2) is 54.5 Å². The summed E-state index contributed by atoms with van der Waals surface area (Å²) in [7, 11) is -3.70. The number of anilines is 1. The SMILES string of the molecule is C=CCN(CC=C)S(=O)(=O)c1ccc(NC(=S)NC(=O)CCC(=O)OCCC)cc1. The minimum absolute atomic E-state index is 0.0348. The number of sulfonamides is 1. The Labute approximate surface area is 183 Å². The van der Waals surface area contributed by atoms with E-state index in [1.165, 1.54) is 40.7 Å². The fraction of sp³-hybridized carbons (Fsp3) is 0.350. The van der Waals surface area contributed by atoms with E-state index in [1.807, 2.05) is 6.92 Å². The second-order valence-corrected chi connectivity index (χ2v) is 8.49. The maximum Gasteiger partial charge on any atom is 0.306 e. The van der Waals surface area contributed by atoms with Gasteiger partial charge in [0.15, 0.2) is 5.11 Å². The topological polar surface area (TPSA) is 105 Å². The van der Waals surface area contributed by atoms with Gasteiger partial charge in [-0.3, -0.25) is 9.59 Å². The zero-order valence-electron chi connectivity index (χ0n) is 16.9. The van der Waals surface area contributed by atoms with E-state index in [0.29, 0.717) is 18.7 Å². The zero-order valence-corrected chi connectivity index (χ0v) is 18.6. The second-order valence-electron chi connectivity index (χ2n) is 6.15. The largest absolute Gasteiger partial charge is 0.466 e. The molecule has 0 saturated heterocycles. The van der Waals surface area contributed by atoms with Gasteiger partial charge in [-0.2, -0.15) is 4.31 Å². The van der Waals surface area contributed by atoms with Crippen molar-refractivity contribution in [2.75, 3.05) is 25.0 Å². The van der Waals surface area contributed by atoms with Crippen molar-refractivity contribution in [3.05, 3.63) is 49.6 Å². The van der Waals surface area contributed by atoms with Gasteiger partial charge in [-0.15, -0.1) is 13.2 Å². The third kappa shape index (κ3) is 8.44. The standard InChI is InChI=1S/C20H27N3O5S2/c1-4-13-23(14-5-2)30(26,27)17-9-7-16(8-10-17)21-20(29)22-18(24)11-12-19(25)28-15-6-3/h4-5,7-10H,1-2,6,11-15H2,3H3,(H2,21,22,24,29). The smallest absolute Gasteiger partial charge is 0.306 e. The number of nitrogens with zero attached hydrogens (tertiary/aromatic N) is 1. The number of amides is 1. The van der Waals surface area contributed by atoms with E-state index in [9.17, 15) is 18.0 Å². The Kier molecular flexibility index (Phi) is 10.9. The first-order chi connectivity index (χ1) is 14.2. The van der Waals surface area contributed by atoms with E-state index in [0.717, 1.165) is 0 Å². The van der Waals surface area contributed by atoms with Gasteiger partial charge in [0.05, 0.1) is 17.9 Å². The summed E-state index contributed by atoms with van der Waals surface area (Å²) in [5.74, 6) is -0.866. The van der Waals surface area contributed by atoms with E-state index in [2.05, 4.69) is 23.8 Å². The molecule has 30 heavy (non-hydrogen) atoms. The predicted molar refractivity (Wildman–Crippen MR) is 120 cm³/mol. The Morgan fingerprint density at radius 3 is 2.27 bits per heavy atom. The van der Waals surface area contributed by atoms with Gasteiger partial charge in [0.1, 0.15) is 0 Å². The average molecular weight is 454 g/mol. The summed E-state index contributed by atoms with van der Waals surface area (Å²) < 4.78 is 31.5. The van der Waals surface area contributed by atoms with Crippen LogP contribution in [-0.4, -0.2) is 49.4 Å². The molecule has 8 nitrogen and oxygen atoms in total. The summed E-state index contributed by atoms with van der Waals surface area (Å²) in [5.41, 5.74) is 0.501. The summed E-state index contributed by atoms with van der Waals surface area (Å²) >= 11 is 5.07. The summed E-state index contributed by atoms with van der Waals surface area (Å²) in [6.45, 7) is 9.67. The van der Waals surface area contributed by atoms with Crippen LogP contribution in [0.5, 0.6) is 0 Å². The Balaban J connectivity index is 2.64. The van der Waals surface area contributed by atoms with Crippen LogP contribution >= 0.6 is 12.2 Å². The van der Waals surface area contributed by atoms with Crippen molar-refractivity contribution in [3.8, 4) is 0 Å². The van der Waals surface area contributed by atoms with Crippen molar-refractivity contribution in [1.29, 1.82) is 0 Å². The molecule has 0 aliphatic carbocycles. The predicted octanol–water partition coefficient (Wildman–Crippen LogP) is 2.60. The van der Waals surface area contributed by atoms with E-state index in [-0.39, 0.29) is 35.9 Å². The first-order valence-corrected chi connectivity index (χ1v) is 11.2. The number of thiocarbonyl (C=S) groups is 1. The molecule has 0 bridgehead atoms. The monoisotopic (exact) mass is 453 g/mol. The van der Waals surface area contributed by atoms with Gasteiger partial charge in [-0.25, -0.2) is 8.42 Å². The highest BCUT2D eigenvalue weighted by Crippen LogP contribution is 2.18. The lowest BCUT2D eigenvalue weighted by Gasteiger charge is -2.19. The number of nitrogens with one attached hydrogen (secondary N) is 2. The van der Waals surface area contributed by atoms with E-state index in [1.54, 1.807) is 0 Å². The maximum atomic E-state index is 12.7. The summed E-state index contributed by atoms with van der Waals surface area (Å²) in [6, 6.07) is 5.94. The molecule has 164 valence electrons. The lowest BCUT2D eigenvalue weighted by atomic mass is 10.3. The minimum Gasteiger partial charge on any atom is -0.466 e. The Morgan fingerprint density at radius 1 is 1.13 bits per heavy atom. The average Bonchev–Trinajstić information content (AvgIpc) is 2.70. The van der Waals surface area contributed by atoms with Crippen LogP contribution in [0.3, 0.4) is 0 Å². The van der Waals surface area contributed by atoms with Crippen molar-refractivity contribution in [2.24, 2.45) is 0 Å². The summed E-state index contributed by atoms with van der Waals surface area (Å²) in [5, 5.41) is 5.30. The number of ether oxygens (including phenoxy) is 1. The van der Waals surface area contributed by atoms with E-state index in [4.69, 9.17) is 17.0 Å². The van der Waals surface area contributed by atoms with Crippen molar-refractivity contribution in [2.45, 2.75) is 31.1 Å². The number of carbonyl (C=O) groups excluding carboxylic acids is 2. The molecule has 0 fully saturated rings. The van der Waals surface area contributed by atoms with Crippen molar-refractivity contribution in [3.63, 3.8) is 0 Å². The van der Waals surface area contributed by atoms with E-state index >= 15 is 0 Å². The molecule has 0 aliphatic rings. The molecular formula is C20H27N3O5S2. The van der Waals surface area contributed by atoms with Gasteiger partial charge >= 0.3 is 5.97 Å². The Morgan fingerprint density at radius 2 is 1.73 bits per heavy atom. The van der Waals surface area contributed by atoms with Crippen molar-refractivity contribution < 1.29 is 22.7 Å². The fourth-order valence-electron chi connectivity index (χ4n) is 2.27. The van der Waals surface area contributed by atoms with Crippen LogP contribution < -0.4 is 10.6 Å². The number of benzene rings is 1. The molecule has 0 aromatic heterocycles. The first-order valence-electron chi connectivity index (χ1n) is 9.33.